The van der Waals surface area contributed by atoms with Crippen LogP contribution >= 0.6 is 12.2 Å². The fraction of sp³-hybridized carbons (Fsp3) is 0.182. The molecular formula is C22H21N3O2S. The number of phenolic OH excluding ortho intramolecular Hbond substituents is 1. The predicted octanol–water partition coefficient (Wildman–Crippen LogP) is 3.38. The number of carbonyl (C=O) groups is 1. The number of thiocarbonyl (C=S) groups is 1. The topological polar surface area (TPSA) is 55.8 Å². The Morgan fingerprint density at radius 3 is 2.32 bits per heavy atom. The summed E-state index contributed by atoms with van der Waals surface area (Å²) in [6, 6.07) is 20.9. The van der Waals surface area contributed by atoms with Crippen molar-refractivity contribution in [3.63, 3.8) is 0 Å². The summed E-state index contributed by atoms with van der Waals surface area (Å²) in [4.78, 5) is 16.7. The quantitative estimate of drug-likeness (QED) is 0.656. The number of hydrogen-bond donors (Lipinski definition) is 2. The van der Waals surface area contributed by atoms with E-state index >= 15 is 0 Å². The van der Waals surface area contributed by atoms with Crippen molar-refractivity contribution in [3.8, 4) is 5.75 Å². The molecule has 0 saturated carbocycles. The molecule has 5 nitrogen and oxygen atoms in total. The fourth-order valence-corrected chi connectivity index (χ4v) is 3.74. The Bertz CT molecular complexity index is 1030. The molecule has 1 heterocycles. The van der Waals surface area contributed by atoms with Gasteiger partial charge >= 0.3 is 0 Å². The van der Waals surface area contributed by atoms with Crippen LogP contribution in [-0.2, 0) is 0 Å². The van der Waals surface area contributed by atoms with E-state index in [1.54, 1.807) is 6.07 Å². The number of hydrogen-bond acceptors (Lipinski definition) is 4. The molecule has 1 aliphatic heterocycles. The lowest BCUT2D eigenvalue weighted by Crippen LogP contribution is -2.52. The summed E-state index contributed by atoms with van der Waals surface area (Å²) in [7, 11) is 0. The number of rotatable bonds is 2. The van der Waals surface area contributed by atoms with E-state index in [1.165, 1.54) is 0 Å². The van der Waals surface area contributed by atoms with Gasteiger partial charge in [-0.15, -0.1) is 0 Å². The Balaban J connectivity index is 1.37. The zero-order valence-corrected chi connectivity index (χ0v) is 16.2. The second kappa shape index (κ2) is 7.86. The lowest BCUT2D eigenvalue weighted by atomic mass is 10.1. The Morgan fingerprint density at radius 2 is 1.57 bits per heavy atom. The average molecular weight is 391 g/mol. The first-order chi connectivity index (χ1) is 13.6. The molecule has 3 aromatic carbocycles. The lowest BCUT2D eigenvalue weighted by molar-refractivity contribution is 0.0973. The molecule has 1 amide bonds. The summed E-state index contributed by atoms with van der Waals surface area (Å²) in [5, 5.41) is 15.4. The first-order valence-electron chi connectivity index (χ1n) is 9.24. The average Bonchev–Trinajstić information content (AvgIpc) is 2.74. The summed E-state index contributed by atoms with van der Waals surface area (Å²) in [5.74, 6) is 0.0852. The van der Waals surface area contributed by atoms with Crippen molar-refractivity contribution in [1.29, 1.82) is 0 Å². The highest BCUT2D eigenvalue weighted by atomic mass is 32.1. The van der Waals surface area contributed by atoms with Gasteiger partial charge in [-0.2, -0.15) is 0 Å². The number of carbonyl (C=O) groups excluding carboxylic acids is 1. The van der Waals surface area contributed by atoms with Crippen LogP contribution in [0.3, 0.4) is 0 Å². The third-order valence-electron chi connectivity index (χ3n) is 5.02. The molecule has 1 saturated heterocycles. The van der Waals surface area contributed by atoms with E-state index < -0.39 is 0 Å². The minimum Gasteiger partial charge on any atom is -0.506 e. The van der Waals surface area contributed by atoms with Gasteiger partial charge in [0.25, 0.3) is 5.91 Å². The molecule has 0 radical (unpaired) electrons. The molecule has 0 aliphatic carbocycles. The van der Waals surface area contributed by atoms with Gasteiger partial charge in [0.15, 0.2) is 5.11 Å². The molecule has 0 spiro atoms. The van der Waals surface area contributed by atoms with Crippen LogP contribution in [0.5, 0.6) is 5.75 Å². The van der Waals surface area contributed by atoms with Crippen molar-refractivity contribution >= 4 is 39.7 Å². The van der Waals surface area contributed by atoms with Crippen LogP contribution in [0.1, 0.15) is 10.4 Å². The van der Waals surface area contributed by atoms with E-state index in [4.69, 9.17) is 12.2 Å². The van der Waals surface area contributed by atoms with Crippen molar-refractivity contribution in [2.75, 3.05) is 31.1 Å². The molecule has 142 valence electrons. The van der Waals surface area contributed by atoms with E-state index in [2.05, 4.69) is 10.2 Å². The first kappa shape index (κ1) is 18.3. The van der Waals surface area contributed by atoms with Crippen LogP contribution in [0.4, 0.5) is 5.69 Å². The van der Waals surface area contributed by atoms with Crippen molar-refractivity contribution < 1.29 is 9.90 Å². The zero-order chi connectivity index (χ0) is 19.5. The molecule has 0 aromatic heterocycles. The van der Waals surface area contributed by atoms with Gasteiger partial charge in [0.1, 0.15) is 5.75 Å². The smallest absolute Gasteiger partial charge is 0.257 e. The number of benzene rings is 3. The van der Waals surface area contributed by atoms with Gasteiger partial charge in [-0.25, -0.2) is 0 Å². The Kier molecular flexibility index (Phi) is 5.12. The number of nitrogens with zero attached hydrogens (tertiary/aromatic N) is 2. The Morgan fingerprint density at radius 1 is 0.893 bits per heavy atom. The number of aromatic hydroxyl groups is 1. The maximum atomic E-state index is 12.6. The van der Waals surface area contributed by atoms with Crippen LogP contribution in [0.25, 0.3) is 10.8 Å². The SMILES string of the molecule is O=C(NC(=S)N1CCN(c2ccccc2O)CC1)c1ccc2ccccc2c1. The van der Waals surface area contributed by atoms with E-state index in [-0.39, 0.29) is 11.7 Å². The molecule has 0 bridgehead atoms. The molecule has 2 N–H and O–H groups in total. The predicted molar refractivity (Wildman–Crippen MR) is 116 cm³/mol. The summed E-state index contributed by atoms with van der Waals surface area (Å²) in [6.07, 6.45) is 0. The van der Waals surface area contributed by atoms with Gasteiger partial charge in [-0.1, -0.05) is 42.5 Å². The molecule has 1 aliphatic rings. The van der Waals surface area contributed by atoms with Crippen LogP contribution < -0.4 is 10.2 Å². The van der Waals surface area contributed by atoms with Gasteiger partial charge in [0, 0.05) is 31.7 Å². The van der Waals surface area contributed by atoms with Crippen LogP contribution in [0.15, 0.2) is 66.7 Å². The van der Waals surface area contributed by atoms with E-state index in [1.807, 2.05) is 65.6 Å². The van der Waals surface area contributed by atoms with E-state index in [0.29, 0.717) is 23.8 Å². The molecule has 6 heteroatoms. The van der Waals surface area contributed by atoms with E-state index in [9.17, 15) is 9.90 Å². The van der Waals surface area contributed by atoms with Crippen LogP contribution in [0, 0.1) is 0 Å². The number of nitrogens with one attached hydrogen (secondary N) is 1. The number of anilines is 1. The second-order valence-electron chi connectivity index (χ2n) is 6.78. The number of amides is 1. The van der Waals surface area contributed by atoms with Crippen LogP contribution in [-0.4, -0.2) is 47.2 Å². The lowest BCUT2D eigenvalue weighted by Gasteiger charge is -2.37. The highest BCUT2D eigenvalue weighted by Crippen LogP contribution is 2.27. The van der Waals surface area contributed by atoms with Crippen molar-refractivity contribution in [3.05, 3.63) is 72.3 Å². The first-order valence-corrected chi connectivity index (χ1v) is 9.64. The molecule has 3 aromatic rings. The summed E-state index contributed by atoms with van der Waals surface area (Å²) >= 11 is 5.45. The number of fused-ring (bicyclic) bond motifs is 1. The Hall–Kier alpha value is -3.12. The normalized spacial score (nSPS) is 14.1. The minimum absolute atomic E-state index is 0.195. The number of phenols is 1. The van der Waals surface area contributed by atoms with Gasteiger partial charge in [0.05, 0.1) is 5.69 Å². The highest BCUT2D eigenvalue weighted by molar-refractivity contribution is 7.80. The van der Waals surface area contributed by atoms with Crippen LogP contribution in [0.2, 0.25) is 0 Å². The highest BCUT2D eigenvalue weighted by Gasteiger charge is 2.22. The molecule has 1 fully saturated rings. The standard InChI is InChI=1S/C22H21N3O2S/c26-20-8-4-3-7-19(20)24-11-13-25(14-12-24)22(28)23-21(27)18-10-9-16-5-1-2-6-17(16)15-18/h1-10,15,26H,11-14H2,(H,23,27,28). The third kappa shape index (κ3) is 3.77. The molecule has 0 unspecified atom stereocenters. The van der Waals surface area contributed by atoms with Crippen molar-refractivity contribution in [1.82, 2.24) is 10.2 Å². The van der Waals surface area contributed by atoms with E-state index in [0.717, 1.165) is 29.5 Å². The van der Waals surface area contributed by atoms with Gasteiger partial charge in [0.2, 0.25) is 0 Å². The largest absolute Gasteiger partial charge is 0.506 e. The van der Waals surface area contributed by atoms with Crippen molar-refractivity contribution in [2.24, 2.45) is 0 Å². The van der Waals surface area contributed by atoms with Gasteiger partial charge < -0.3 is 14.9 Å². The minimum atomic E-state index is -0.195. The van der Waals surface area contributed by atoms with Gasteiger partial charge in [-0.05, 0) is 47.3 Å². The summed E-state index contributed by atoms with van der Waals surface area (Å²) < 4.78 is 0. The van der Waals surface area contributed by atoms with Gasteiger partial charge in [-0.3, -0.25) is 10.1 Å². The molecule has 4 rings (SSSR count). The molecule has 28 heavy (non-hydrogen) atoms. The monoisotopic (exact) mass is 391 g/mol. The molecule has 0 atom stereocenters. The Labute approximate surface area is 169 Å². The maximum absolute atomic E-state index is 12.6. The zero-order valence-electron chi connectivity index (χ0n) is 15.3. The number of piperazine rings is 1. The summed E-state index contributed by atoms with van der Waals surface area (Å²) in [6.45, 7) is 2.82. The van der Waals surface area contributed by atoms with Crippen molar-refractivity contribution in [2.45, 2.75) is 0 Å². The summed E-state index contributed by atoms with van der Waals surface area (Å²) in [5.41, 5.74) is 1.42. The fourth-order valence-electron chi connectivity index (χ4n) is 3.46. The molecular weight excluding hydrogens is 370 g/mol. The third-order valence-corrected chi connectivity index (χ3v) is 5.38. The maximum Gasteiger partial charge on any atom is 0.257 e. The second-order valence-corrected chi connectivity index (χ2v) is 7.17. The number of para-hydroxylation sites is 2.